The van der Waals surface area contributed by atoms with E-state index in [9.17, 15) is 0 Å². The van der Waals surface area contributed by atoms with Gasteiger partial charge >= 0.3 is 0 Å². The van der Waals surface area contributed by atoms with E-state index in [0.717, 1.165) is 12.5 Å². The molecule has 18 heavy (non-hydrogen) atoms. The van der Waals surface area contributed by atoms with Gasteiger partial charge in [-0.05, 0) is 13.6 Å². The van der Waals surface area contributed by atoms with Gasteiger partial charge in [-0.25, -0.2) is 0 Å². The van der Waals surface area contributed by atoms with Gasteiger partial charge in [-0.2, -0.15) is 5.92 Å². The Kier molecular flexibility index (Phi) is 9.40. The quantitative estimate of drug-likeness (QED) is 0.591. The Hall–Kier alpha value is 0.902. The summed E-state index contributed by atoms with van der Waals surface area (Å²) in [6, 6.07) is 4.37. The van der Waals surface area contributed by atoms with Crippen molar-refractivity contribution in [2.45, 2.75) is 26.7 Å². The Morgan fingerprint density at radius 3 is 2.44 bits per heavy atom. The molecule has 1 aliphatic rings. The van der Waals surface area contributed by atoms with Crippen LogP contribution in [0.25, 0.3) is 0 Å². The summed E-state index contributed by atoms with van der Waals surface area (Å²) in [6.07, 6.45) is 4.92. The van der Waals surface area contributed by atoms with Crippen LogP contribution >= 0.6 is 0 Å². The molecule has 0 saturated carbocycles. The predicted molar refractivity (Wildman–Crippen MR) is 68.1 cm³/mol. The van der Waals surface area contributed by atoms with Crippen LogP contribution < -0.4 is 0 Å². The average Bonchev–Trinajstić information content (AvgIpc) is 2.59. The summed E-state index contributed by atoms with van der Waals surface area (Å²) in [5.74, 6) is 0.761. The average molecular weight is 491 g/mol. The first-order chi connectivity index (χ1) is 7.66. The SMILES string of the molecule is Cc1ccc(C)n1[CH-]CC1[CH-]CN(C)CC1.[W].[Y]. The van der Waals surface area contributed by atoms with E-state index < -0.39 is 0 Å². The fourth-order valence-electron chi connectivity index (χ4n) is 2.35. The van der Waals surface area contributed by atoms with Crippen LogP contribution in [-0.4, -0.2) is 29.6 Å². The number of hydrogen-bond donors (Lipinski definition) is 0. The van der Waals surface area contributed by atoms with Crippen molar-refractivity contribution in [2.24, 2.45) is 5.92 Å². The topological polar surface area (TPSA) is 8.17 Å². The van der Waals surface area contributed by atoms with Crippen LogP contribution in [0.1, 0.15) is 24.2 Å². The molecule has 1 aromatic heterocycles. The van der Waals surface area contributed by atoms with Gasteiger partial charge in [0, 0.05) is 53.8 Å². The molecule has 1 radical (unpaired) electrons. The summed E-state index contributed by atoms with van der Waals surface area (Å²) in [6.45, 7) is 9.06. The minimum atomic E-state index is 0. The minimum absolute atomic E-state index is 0. The molecule has 1 aliphatic heterocycles. The number of aryl methyl sites for hydroxylation is 2. The van der Waals surface area contributed by atoms with Crippen LogP contribution in [0.5, 0.6) is 0 Å². The molecule has 0 aromatic carbocycles. The van der Waals surface area contributed by atoms with Gasteiger partial charge in [-0.3, -0.25) is 0 Å². The Bertz CT molecular complexity index is 324. The Labute approximate surface area is 151 Å². The standard InChI is InChI=1S/C14H22N2.W.Y/c1-12-4-5-13(2)16(12)11-8-14-6-9-15(3)10-7-14;;/h4-6,11,14H,7-10H2,1-3H3;;/q-2;;. The maximum Gasteiger partial charge on any atom is 0 e. The fourth-order valence-corrected chi connectivity index (χ4v) is 2.35. The van der Waals surface area contributed by atoms with Gasteiger partial charge in [0.25, 0.3) is 0 Å². The van der Waals surface area contributed by atoms with Crippen molar-refractivity contribution in [2.75, 3.05) is 20.1 Å². The molecule has 2 nitrogen and oxygen atoms in total. The number of piperidine rings is 1. The maximum atomic E-state index is 2.45. The first-order valence-electron chi connectivity index (χ1n) is 6.16. The zero-order chi connectivity index (χ0) is 11.5. The fraction of sp³-hybridized carbons (Fsp3) is 0.571. The van der Waals surface area contributed by atoms with Crippen molar-refractivity contribution in [3.8, 4) is 0 Å². The number of hydrogen-bond acceptors (Lipinski definition) is 1. The van der Waals surface area contributed by atoms with Gasteiger partial charge in [0.1, 0.15) is 0 Å². The van der Waals surface area contributed by atoms with Crippen molar-refractivity contribution < 1.29 is 53.8 Å². The molecule has 4 heteroatoms. The molecule has 0 bridgehead atoms. The van der Waals surface area contributed by atoms with Crippen LogP contribution in [0.2, 0.25) is 0 Å². The zero-order valence-corrected chi connectivity index (χ0v) is 17.4. The van der Waals surface area contributed by atoms with Gasteiger partial charge in [-0.1, -0.05) is 38.1 Å². The van der Waals surface area contributed by atoms with Crippen LogP contribution in [0.4, 0.5) is 0 Å². The molecule has 1 unspecified atom stereocenters. The largest absolute Gasteiger partial charge is 0.486 e. The number of rotatable bonds is 3. The van der Waals surface area contributed by atoms with Crippen LogP contribution in [0.15, 0.2) is 12.1 Å². The summed E-state index contributed by atoms with van der Waals surface area (Å²) in [7, 11) is 2.19. The second kappa shape index (κ2) is 8.95. The third-order valence-electron chi connectivity index (χ3n) is 3.55. The van der Waals surface area contributed by atoms with Crippen LogP contribution in [0, 0.1) is 32.7 Å². The van der Waals surface area contributed by atoms with Gasteiger partial charge in [0.15, 0.2) is 0 Å². The van der Waals surface area contributed by atoms with Crippen molar-refractivity contribution in [1.82, 2.24) is 9.47 Å². The van der Waals surface area contributed by atoms with Crippen molar-refractivity contribution in [1.29, 1.82) is 0 Å². The second-order valence-corrected chi connectivity index (χ2v) is 4.95. The molecule has 0 spiro atoms. The van der Waals surface area contributed by atoms with Gasteiger partial charge in [0.05, 0.1) is 0 Å². The molecule has 0 N–H and O–H groups in total. The Balaban J connectivity index is 0.00000144. The monoisotopic (exact) mass is 491 g/mol. The third-order valence-corrected chi connectivity index (χ3v) is 3.55. The smallest absolute Gasteiger partial charge is 0 e. The molecule has 2 rings (SSSR count). The summed E-state index contributed by atoms with van der Waals surface area (Å²) in [4.78, 5) is 2.38. The van der Waals surface area contributed by atoms with E-state index in [1.165, 1.54) is 30.8 Å². The van der Waals surface area contributed by atoms with Crippen molar-refractivity contribution in [3.05, 3.63) is 36.5 Å². The van der Waals surface area contributed by atoms with Gasteiger partial charge in [-0.15, -0.1) is 25.2 Å². The van der Waals surface area contributed by atoms with E-state index in [2.05, 4.69) is 55.5 Å². The van der Waals surface area contributed by atoms with E-state index in [1.54, 1.807) is 0 Å². The van der Waals surface area contributed by atoms with E-state index >= 15 is 0 Å². The second-order valence-electron chi connectivity index (χ2n) is 4.95. The summed E-state index contributed by atoms with van der Waals surface area (Å²) < 4.78 is 2.31. The molecule has 0 aliphatic carbocycles. The molecule has 1 saturated heterocycles. The minimum Gasteiger partial charge on any atom is -0.486 e. The van der Waals surface area contributed by atoms with E-state index in [0.29, 0.717) is 0 Å². The number of nitrogens with zero attached hydrogens (tertiary/aromatic N) is 2. The number of aromatic nitrogens is 1. The Morgan fingerprint density at radius 1 is 1.33 bits per heavy atom. The summed E-state index contributed by atoms with van der Waals surface area (Å²) in [5.41, 5.74) is 2.68. The first kappa shape index (κ1) is 18.9. The summed E-state index contributed by atoms with van der Waals surface area (Å²) in [5, 5.41) is 0. The molecule has 1 atom stereocenters. The normalized spacial score (nSPS) is 19.8. The molecular weight excluding hydrogens is 469 g/mol. The van der Waals surface area contributed by atoms with Crippen molar-refractivity contribution >= 4 is 0 Å². The van der Waals surface area contributed by atoms with Crippen LogP contribution in [-0.2, 0) is 53.8 Å². The van der Waals surface area contributed by atoms with E-state index in [-0.39, 0.29) is 53.8 Å². The molecule has 1 fully saturated rings. The molecule has 99 valence electrons. The van der Waals surface area contributed by atoms with E-state index in [1.807, 2.05) is 0 Å². The molecule has 2 heterocycles. The summed E-state index contributed by atoms with van der Waals surface area (Å²) >= 11 is 0. The maximum absolute atomic E-state index is 2.45. The van der Waals surface area contributed by atoms with Gasteiger partial charge < -0.3 is 15.9 Å². The third kappa shape index (κ3) is 5.12. The predicted octanol–water partition coefficient (Wildman–Crippen LogP) is 2.66. The van der Waals surface area contributed by atoms with Crippen molar-refractivity contribution in [3.63, 3.8) is 0 Å². The molecule has 1 aromatic rings. The zero-order valence-electron chi connectivity index (χ0n) is 11.6. The van der Waals surface area contributed by atoms with Crippen LogP contribution in [0.3, 0.4) is 0 Å². The van der Waals surface area contributed by atoms with Gasteiger partial charge in [0.2, 0.25) is 0 Å². The Morgan fingerprint density at radius 2 is 1.94 bits per heavy atom. The molecule has 0 amide bonds. The first-order valence-corrected chi connectivity index (χ1v) is 6.16. The van der Waals surface area contributed by atoms with E-state index in [4.69, 9.17) is 0 Å². The molecular formula is C14H22N2WY-2. The number of likely N-dealkylation sites (tertiary alicyclic amines) is 1.